The van der Waals surface area contributed by atoms with Gasteiger partial charge in [-0.25, -0.2) is 4.79 Å². The summed E-state index contributed by atoms with van der Waals surface area (Å²) in [6, 6.07) is 13.0. The summed E-state index contributed by atoms with van der Waals surface area (Å²) in [7, 11) is 0. The van der Waals surface area contributed by atoms with E-state index >= 15 is 0 Å². The lowest BCUT2D eigenvalue weighted by atomic mass is 10.1. The van der Waals surface area contributed by atoms with Crippen molar-refractivity contribution in [3.63, 3.8) is 0 Å². The zero-order valence-corrected chi connectivity index (χ0v) is 13.1. The number of aromatic carboxylic acids is 1. The number of carboxylic acids is 1. The van der Waals surface area contributed by atoms with Gasteiger partial charge in [0.05, 0.1) is 11.7 Å². The molecule has 2 aromatic carbocycles. The number of hydrogen-bond donors (Lipinski definition) is 2. The second kappa shape index (κ2) is 7.45. The van der Waals surface area contributed by atoms with E-state index in [1.165, 1.54) is 12.1 Å². The number of ether oxygens (including phenoxy) is 1. The molecule has 0 aliphatic rings. The molecule has 5 nitrogen and oxygen atoms in total. The van der Waals surface area contributed by atoms with Crippen LogP contribution in [0.2, 0.25) is 0 Å². The number of anilines is 1. The minimum Gasteiger partial charge on any atom is -0.491 e. The first kappa shape index (κ1) is 16.5. The third-order valence-electron chi connectivity index (χ3n) is 3.38. The SMILES string of the molecule is CC[C@@H](C)Oc1cccc(C(=O)Nc2cccc(C(=O)O)c2)c1. The summed E-state index contributed by atoms with van der Waals surface area (Å²) in [6.45, 7) is 3.99. The Hall–Kier alpha value is -2.82. The third kappa shape index (κ3) is 4.57. The van der Waals surface area contributed by atoms with E-state index < -0.39 is 5.97 Å². The molecule has 2 aromatic rings. The van der Waals surface area contributed by atoms with Crippen LogP contribution in [0.15, 0.2) is 48.5 Å². The predicted octanol–water partition coefficient (Wildman–Crippen LogP) is 3.81. The largest absolute Gasteiger partial charge is 0.491 e. The summed E-state index contributed by atoms with van der Waals surface area (Å²) in [5, 5.41) is 11.7. The molecular weight excluding hydrogens is 294 g/mol. The van der Waals surface area contributed by atoms with Crippen LogP contribution in [-0.2, 0) is 0 Å². The Bertz CT molecular complexity index is 712. The fraction of sp³-hybridized carbons (Fsp3) is 0.222. The van der Waals surface area contributed by atoms with Crippen LogP contribution in [0.4, 0.5) is 5.69 Å². The van der Waals surface area contributed by atoms with E-state index in [1.54, 1.807) is 36.4 Å². The van der Waals surface area contributed by atoms with E-state index in [9.17, 15) is 9.59 Å². The number of rotatable bonds is 6. The number of amides is 1. The summed E-state index contributed by atoms with van der Waals surface area (Å²) in [5.74, 6) is -0.724. The third-order valence-corrected chi connectivity index (χ3v) is 3.38. The second-order valence-corrected chi connectivity index (χ2v) is 5.20. The molecule has 120 valence electrons. The number of carbonyl (C=O) groups is 2. The molecule has 1 amide bonds. The van der Waals surface area contributed by atoms with Gasteiger partial charge in [0.2, 0.25) is 0 Å². The fourth-order valence-electron chi connectivity index (χ4n) is 1.96. The van der Waals surface area contributed by atoms with Crippen molar-refractivity contribution in [3.8, 4) is 5.75 Å². The average molecular weight is 313 g/mol. The number of nitrogens with one attached hydrogen (secondary N) is 1. The molecule has 0 saturated carbocycles. The molecule has 0 fully saturated rings. The molecule has 0 aromatic heterocycles. The number of carboxylic acid groups (broad SMARTS) is 1. The Morgan fingerprint density at radius 2 is 1.83 bits per heavy atom. The maximum Gasteiger partial charge on any atom is 0.335 e. The van der Waals surface area contributed by atoms with Gasteiger partial charge in [-0.05, 0) is 49.7 Å². The van der Waals surface area contributed by atoms with Gasteiger partial charge >= 0.3 is 5.97 Å². The monoisotopic (exact) mass is 313 g/mol. The summed E-state index contributed by atoms with van der Waals surface area (Å²) in [4.78, 5) is 23.2. The maximum absolute atomic E-state index is 12.3. The fourth-order valence-corrected chi connectivity index (χ4v) is 1.96. The maximum atomic E-state index is 12.3. The van der Waals surface area contributed by atoms with Gasteiger partial charge in [-0.2, -0.15) is 0 Å². The van der Waals surface area contributed by atoms with Crippen LogP contribution in [-0.4, -0.2) is 23.1 Å². The Morgan fingerprint density at radius 3 is 2.52 bits per heavy atom. The highest BCUT2D eigenvalue weighted by molar-refractivity contribution is 6.05. The van der Waals surface area contributed by atoms with E-state index in [0.717, 1.165) is 6.42 Å². The van der Waals surface area contributed by atoms with Crippen molar-refractivity contribution in [2.75, 3.05) is 5.32 Å². The normalized spacial score (nSPS) is 11.6. The minimum atomic E-state index is -1.04. The Morgan fingerprint density at radius 1 is 1.13 bits per heavy atom. The van der Waals surface area contributed by atoms with Gasteiger partial charge in [0.1, 0.15) is 5.75 Å². The molecule has 23 heavy (non-hydrogen) atoms. The molecule has 2 N–H and O–H groups in total. The van der Waals surface area contributed by atoms with Crippen molar-refractivity contribution >= 4 is 17.6 Å². The Balaban J connectivity index is 2.13. The lowest BCUT2D eigenvalue weighted by Gasteiger charge is -2.13. The van der Waals surface area contributed by atoms with Crippen LogP contribution >= 0.6 is 0 Å². The summed E-state index contributed by atoms with van der Waals surface area (Å²) >= 11 is 0. The second-order valence-electron chi connectivity index (χ2n) is 5.20. The number of benzene rings is 2. The summed E-state index contributed by atoms with van der Waals surface area (Å²) < 4.78 is 5.70. The van der Waals surface area contributed by atoms with Crippen LogP contribution in [0.1, 0.15) is 41.0 Å². The first-order valence-corrected chi connectivity index (χ1v) is 7.41. The molecule has 0 bridgehead atoms. The highest BCUT2D eigenvalue weighted by atomic mass is 16.5. The molecule has 2 rings (SSSR count). The zero-order chi connectivity index (χ0) is 16.8. The number of carbonyl (C=O) groups excluding carboxylic acids is 1. The topological polar surface area (TPSA) is 75.6 Å². The molecule has 5 heteroatoms. The van der Waals surface area contributed by atoms with Crippen molar-refractivity contribution in [1.29, 1.82) is 0 Å². The Kier molecular flexibility index (Phi) is 5.36. The summed E-state index contributed by atoms with van der Waals surface area (Å²) in [5.41, 5.74) is 1.01. The molecule has 1 atom stereocenters. The van der Waals surface area contributed by atoms with Gasteiger partial charge in [-0.3, -0.25) is 4.79 Å². The molecule has 0 radical (unpaired) electrons. The van der Waals surface area contributed by atoms with Crippen molar-refractivity contribution in [1.82, 2.24) is 0 Å². The van der Waals surface area contributed by atoms with Gasteiger partial charge in [-0.1, -0.05) is 19.1 Å². The van der Waals surface area contributed by atoms with E-state index in [-0.39, 0.29) is 17.6 Å². The van der Waals surface area contributed by atoms with Crippen LogP contribution in [0.25, 0.3) is 0 Å². The van der Waals surface area contributed by atoms with E-state index in [2.05, 4.69) is 5.32 Å². The average Bonchev–Trinajstić information content (AvgIpc) is 2.55. The highest BCUT2D eigenvalue weighted by Gasteiger charge is 2.10. The molecule has 0 unspecified atom stereocenters. The van der Waals surface area contributed by atoms with Crippen molar-refractivity contribution in [2.24, 2.45) is 0 Å². The minimum absolute atomic E-state index is 0.0700. The molecule has 0 aliphatic carbocycles. The molecule has 0 spiro atoms. The first-order chi connectivity index (χ1) is 11.0. The van der Waals surface area contributed by atoms with Crippen LogP contribution in [0.5, 0.6) is 5.75 Å². The van der Waals surface area contributed by atoms with E-state index in [1.807, 2.05) is 13.8 Å². The molecule has 0 aliphatic heterocycles. The smallest absolute Gasteiger partial charge is 0.335 e. The molecule has 0 heterocycles. The van der Waals surface area contributed by atoms with E-state index in [4.69, 9.17) is 9.84 Å². The quantitative estimate of drug-likeness (QED) is 0.850. The lowest BCUT2D eigenvalue weighted by molar-refractivity contribution is 0.0696. The molecular formula is C18H19NO4. The van der Waals surface area contributed by atoms with E-state index in [0.29, 0.717) is 17.0 Å². The van der Waals surface area contributed by atoms with Gasteiger partial charge in [0, 0.05) is 11.3 Å². The highest BCUT2D eigenvalue weighted by Crippen LogP contribution is 2.18. The van der Waals surface area contributed by atoms with Crippen LogP contribution in [0.3, 0.4) is 0 Å². The van der Waals surface area contributed by atoms with Crippen LogP contribution < -0.4 is 10.1 Å². The summed E-state index contributed by atoms with van der Waals surface area (Å²) in [6.07, 6.45) is 0.943. The van der Waals surface area contributed by atoms with Gasteiger partial charge in [0.25, 0.3) is 5.91 Å². The van der Waals surface area contributed by atoms with Crippen molar-refractivity contribution < 1.29 is 19.4 Å². The van der Waals surface area contributed by atoms with Crippen molar-refractivity contribution in [2.45, 2.75) is 26.4 Å². The lowest BCUT2D eigenvalue weighted by Crippen LogP contribution is -2.14. The first-order valence-electron chi connectivity index (χ1n) is 7.41. The predicted molar refractivity (Wildman–Crippen MR) is 88.2 cm³/mol. The standard InChI is InChI=1S/C18H19NO4/c1-3-12(2)23-16-9-5-6-13(11-16)17(20)19-15-8-4-7-14(10-15)18(21)22/h4-12H,3H2,1-2H3,(H,19,20)(H,21,22)/t12-/m1/s1. The molecule has 0 saturated heterocycles. The number of hydrogen-bond acceptors (Lipinski definition) is 3. The Labute approximate surface area is 134 Å². The van der Waals surface area contributed by atoms with Gasteiger partial charge in [-0.15, -0.1) is 0 Å². The van der Waals surface area contributed by atoms with Crippen molar-refractivity contribution in [3.05, 3.63) is 59.7 Å². The van der Waals surface area contributed by atoms with Gasteiger partial charge in [0.15, 0.2) is 0 Å². The van der Waals surface area contributed by atoms with Crippen LogP contribution in [0, 0.1) is 0 Å². The zero-order valence-electron chi connectivity index (χ0n) is 13.1. The van der Waals surface area contributed by atoms with Gasteiger partial charge < -0.3 is 15.2 Å².